The Morgan fingerprint density at radius 1 is 0.958 bits per heavy atom. The van der Waals surface area contributed by atoms with Crippen molar-refractivity contribution in [2.75, 3.05) is 10.6 Å². The number of thiocarbonyl (C=S) groups is 1. The minimum absolute atomic E-state index is 0.0629. The second-order valence-electron chi connectivity index (χ2n) is 5.31. The highest BCUT2D eigenvalue weighted by atomic mass is 32.1. The van der Waals surface area contributed by atoms with Crippen molar-refractivity contribution in [1.29, 1.82) is 0 Å². The van der Waals surface area contributed by atoms with Crippen LogP contribution in [0.15, 0.2) is 60.7 Å². The van der Waals surface area contributed by atoms with Crippen LogP contribution in [0.2, 0.25) is 0 Å². The molecule has 120 valence electrons. The molecule has 0 fully saturated rings. The zero-order valence-corrected chi connectivity index (χ0v) is 13.8. The molecule has 0 saturated carbocycles. The largest absolute Gasteiger partial charge is 0.332 e. The summed E-state index contributed by atoms with van der Waals surface area (Å²) in [6.07, 6.45) is 0. The van der Waals surface area contributed by atoms with E-state index in [-0.39, 0.29) is 5.69 Å². The van der Waals surface area contributed by atoms with Crippen molar-refractivity contribution in [3.63, 3.8) is 0 Å². The van der Waals surface area contributed by atoms with Gasteiger partial charge in [0.15, 0.2) is 5.11 Å². The van der Waals surface area contributed by atoms with Crippen LogP contribution in [-0.4, -0.2) is 10.0 Å². The van der Waals surface area contributed by atoms with Crippen molar-refractivity contribution in [1.82, 2.24) is 0 Å². The van der Waals surface area contributed by atoms with Gasteiger partial charge in [0.2, 0.25) is 0 Å². The number of anilines is 2. The SMILES string of the molecule is Cc1c(NC(=S)Nc2cccc3ccccc23)cccc1[N+](=O)[O-]. The molecule has 0 atom stereocenters. The third kappa shape index (κ3) is 3.18. The van der Waals surface area contributed by atoms with Crippen molar-refractivity contribution in [2.24, 2.45) is 0 Å². The Bertz CT molecular complexity index is 935. The Kier molecular flexibility index (Phi) is 4.39. The number of nitro benzene ring substituents is 1. The van der Waals surface area contributed by atoms with Crippen molar-refractivity contribution in [3.05, 3.63) is 76.3 Å². The molecule has 0 aromatic heterocycles. The smallest absolute Gasteiger partial charge is 0.274 e. The van der Waals surface area contributed by atoms with Gasteiger partial charge in [-0.25, -0.2) is 0 Å². The lowest BCUT2D eigenvalue weighted by Crippen LogP contribution is -2.20. The van der Waals surface area contributed by atoms with E-state index in [9.17, 15) is 10.1 Å². The summed E-state index contributed by atoms with van der Waals surface area (Å²) in [6, 6.07) is 18.8. The van der Waals surface area contributed by atoms with Gasteiger partial charge in [0.1, 0.15) is 0 Å². The first-order valence-corrected chi connectivity index (χ1v) is 7.77. The van der Waals surface area contributed by atoms with E-state index < -0.39 is 4.92 Å². The van der Waals surface area contributed by atoms with Crippen LogP contribution in [0.3, 0.4) is 0 Å². The first-order chi connectivity index (χ1) is 11.6. The molecule has 6 heteroatoms. The quantitative estimate of drug-likeness (QED) is 0.406. The van der Waals surface area contributed by atoms with E-state index in [1.807, 2.05) is 42.5 Å². The normalized spacial score (nSPS) is 10.4. The molecule has 5 nitrogen and oxygen atoms in total. The summed E-state index contributed by atoms with van der Waals surface area (Å²) in [5.74, 6) is 0. The molecule has 0 saturated heterocycles. The fraction of sp³-hybridized carbons (Fsp3) is 0.0556. The number of benzene rings is 3. The fourth-order valence-electron chi connectivity index (χ4n) is 2.57. The highest BCUT2D eigenvalue weighted by Crippen LogP contribution is 2.26. The van der Waals surface area contributed by atoms with E-state index in [1.54, 1.807) is 19.1 Å². The van der Waals surface area contributed by atoms with Gasteiger partial charge in [0, 0.05) is 17.1 Å². The number of hydrogen-bond donors (Lipinski definition) is 2. The molecular formula is C18H15N3O2S. The average molecular weight is 337 g/mol. The number of hydrogen-bond acceptors (Lipinski definition) is 3. The summed E-state index contributed by atoms with van der Waals surface area (Å²) < 4.78 is 0. The van der Waals surface area contributed by atoms with Gasteiger partial charge in [0.25, 0.3) is 5.69 Å². The molecule has 0 aliphatic carbocycles. The molecule has 0 aliphatic rings. The van der Waals surface area contributed by atoms with Gasteiger partial charge in [-0.1, -0.05) is 42.5 Å². The lowest BCUT2D eigenvalue weighted by atomic mass is 10.1. The molecular weight excluding hydrogens is 322 g/mol. The molecule has 0 unspecified atom stereocenters. The first-order valence-electron chi connectivity index (χ1n) is 7.36. The predicted molar refractivity (Wildman–Crippen MR) is 102 cm³/mol. The third-order valence-corrected chi connectivity index (χ3v) is 3.99. The molecule has 0 spiro atoms. The summed E-state index contributed by atoms with van der Waals surface area (Å²) in [5, 5.41) is 19.8. The minimum atomic E-state index is -0.401. The highest BCUT2D eigenvalue weighted by Gasteiger charge is 2.14. The Balaban J connectivity index is 1.84. The molecule has 0 bridgehead atoms. The van der Waals surface area contributed by atoms with Gasteiger partial charge in [-0.05, 0) is 36.7 Å². The van der Waals surface area contributed by atoms with Crippen molar-refractivity contribution < 1.29 is 4.92 Å². The Labute approximate surface area is 144 Å². The maximum atomic E-state index is 11.0. The number of fused-ring (bicyclic) bond motifs is 1. The van der Waals surface area contributed by atoms with Crippen LogP contribution in [0.5, 0.6) is 0 Å². The van der Waals surface area contributed by atoms with E-state index in [2.05, 4.69) is 10.6 Å². The van der Waals surface area contributed by atoms with Crippen molar-refractivity contribution in [3.8, 4) is 0 Å². The van der Waals surface area contributed by atoms with Crippen LogP contribution in [0, 0.1) is 17.0 Å². The number of nitro groups is 1. The van der Waals surface area contributed by atoms with Crippen molar-refractivity contribution in [2.45, 2.75) is 6.92 Å². The third-order valence-electron chi connectivity index (χ3n) is 3.79. The number of nitrogens with one attached hydrogen (secondary N) is 2. The predicted octanol–water partition coefficient (Wildman–Crippen LogP) is 4.87. The summed E-state index contributed by atoms with van der Waals surface area (Å²) >= 11 is 5.36. The molecule has 3 aromatic rings. The monoisotopic (exact) mass is 337 g/mol. The van der Waals surface area contributed by atoms with E-state index in [4.69, 9.17) is 12.2 Å². The topological polar surface area (TPSA) is 67.2 Å². The van der Waals surface area contributed by atoms with E-state index in [0.29, 0.717) is 16.4 Å². The molecule has 0 radical (unpaired) electrons. The highest BCUT2D eigenvalue weighted by molar-refractivity contribution is 7.80. The lowest BCUT2D eigenvalue weighted by Gasteiger charge is -2.14. The maximum absolute atomic E-state index is 11.0. The molecule has 3 rings (SSSR count). The van der Waals surface area contributed by atoms with Crippen LogP contribution < -0.4 is 10.6 Å². The molecule has 2 N–H and O–H groups in total. The Hall–Kier alpha value is -2.99. The zero-order chi connectivity index (χ0) is 17.1. The van der Waals surface area contributed by atoms with Gasteiger partial charge in [-0.2, -0.15) is 0 Å². The standard InChI is InChI=1S/C18H15N3O2S/c1-12-15(9-5-11-17(12)21(22)23)19-18(24)20-16-10-4-7-13-6-2-3-8-14(13)16/h2-11H,1H3,(H2,19,20,24). The molecule has 0 aliphatic heterocycles. The summed E-state index contributed by atoms with van der Waals surface area (Å²) in [6.45, 7) is 1.70. The lowest BCUT2D eigenvalue weighted by molar-refractivity contribution is -0.385. The zero-order valence-electron chi connectivity index (χ0n) is 12.9. The first kappa shape index (κ1) is 15.9. The van der Waals surface area contributed by atoms with E-state index in [0.717, 1.165) is 16.5 Å². The van der Waals surface area contributed by atoms with Crippen LogP contribution in [0.4, 0.5) is 17.1 Å². The van der Waals surface area contributed by atoms with Crippen LogP contribution >= 0.6 is 12.2 Å². The van der Waals surface area contributed by atoms with Gasteiger partial charge >= 0.3 is 0 Å². The summed E-state index contributed by atoms with van der Waals surface area (Å²) in [5.41, 5.74) is 2.10. The molecule has 24 heavy (non-hydrogen) atoms. The second kappa shape index (κ2) is 6.64. The van der Waals surface area contributed by atoms with Gasteiger partial charge in [-0.15, -0.1) is 0 Å². The van der Waals surface area contributed by atoms with E-state index in [1.165, 1.54) is 6.07 Å². The summed E-state index contributed by atoms with van der Waals surface area (Å²) in [4.78, 5) is 10.6. The average Bonchev–Trinajstić information content (AvgIpc) is 2.57. The molecule has 0 amide bonds. The molecule has 3 aromatic carbocycles. The van der Waals surface area contributed by atoms with Gasteiger partial charge in [0.05, 0.1) is 16.2 Å². The maximum Gasteiger partial charge on any atom is 0.274 e. The second-order valence-corrected chi connectivity index (χ2v) is 5.72. The van der Waals surface area contributed by atoms with Crippen LogP contribution in [-0.2, 0) is 0 Å². The number of nitrogens with zero attached hydrogens (tertiary/aromatic N) is 1. The van der Waals surface area contributed by atoms with Crippen molar-refractivity contribution >= 4 is 45.2 Å². The van der Waals surface area contributed by atoms with Gasteiger partial charge in [-0.3, -0.25) is 10.1 Å². The summed E-state index contributed by atoms with van der Waals surface area (Å²) in [7, 11) is 0. The van der Waals surface area contributed by atoms with E-state index >= 15 is 0 Å². The Morgan fingerprint density at radius 2 is 1.58 bits per heavy atom. The van der Waals surface area contributed by atoms with Gasteiger partial charge < -0.3 is 10.6 Å². The minimum Gasteiger partial charge on any atom is -0.332 e. The molecule has 0 heterocycles. The van der Waals surface area contributed by atoms with Crippen LogP contribution in [0.25, 0.3) is 10.8 Å². The Morgan fingerprint density at radius 3 is 2.38 bits per heavy atom. The fourth-order valence-corrected chi connectivity index (χ4v) is 2.79. The van der Waals surface area contributed by atoms with Crippen LogP contribution in [0.1, 0.15) is 5.56 Å². The number of rotatable bonds is 3.